The van der Waals surface area contributed by atoms with E-state index < -0.39 is 0 Å². The predicted molar refractivity (Wildman–Crippen MR) is 83.4 cm³/mol. The van der Waals surface area contributed by atoms with E-state index in [0.29, 0.717) is 0 Å². The second-order valence-corrected chi connectivity index (χ2v) is 4.84. The Morgan fingerprint density at radius 1 is 1.14 bits per heavy atom. The number of aryl methyl sites for hydroxylation is 1. The average molecular weight is 289 g/mol. The van der Waals surface area contributed by atoms with Crippen molar-refractivity contribution in [2.45, 2.75) is 40.2 Å². The monoisotopic (exact) mass is 289 g/mol. The molecule has 0 aliphatic rings. The van der Waals surface area contributed by atoms with Gasteiger partial charge >= 0.3 is 0 Å². The summed E-state index contributed by atoms with van der Waals surface area (Å²) in [6, 6.07) is 0. The van der Waals surface area contributed by atoms with Crippen LogP contribution < -0.4 is 10.6 Å². The molecule has 0 amide bonds. The van der Waals surface area contributed by atoms with Crippen LogP contribution in [0.2, 0.25) is 0 Å². The Morgan fingerprint density at radius 2 is 1.90 bits per heavy atom. The lowest BCUT2D eigenvalue weighted by Crippen LogP contribution is -2.15. The van der Waals surface area contributed by atoms with Crippen molar-refractivity contribution in [1.29, 1.82) is 0 Å². The lowest BCUT2D eigenvalue weighted by atomic mass is 10.2. The average Bonchev–Trinajstić information content (AvgIpc) is 2.97. The largest absolute Gasteiger partial charge is 0.370 e. The quantitative estimate of drug-likeness (QED) is 0.772. The summed E-state index contributed by atoms with van der Waals surface area (Å²) in [5.74, 6) is 2.69. The second kappa shape index (κ2) is 7.56. The summed E-state index contributed by atoms with van der Waals surface area (Å²) in [6.45, 7) is 8.58. The van der Waals surface area contributed by atoms with Gasteiger partial charge in [-0.3, -0.25) is 4.68 Å². The van der Waals surface area contributed by atoms with Gasteiger partial charge in [0.1, 0.15) is 17.5 Å². The van der Waals surface area contributed by atoms with Crippen molar-refractivity contribution in [3.63, 3.8) is 0 Å². The van der Waals surface area contributed by atoms with Gasteiger partial charge in [-0.05, 0) is 20.3 Å². The maximum Gasteiger partial charge on any atom is 0.134 e. The number of rotatable bonds is 8. The van der Waals surface area contributed by atoms with Crippen molar-refractivity contribution in [3.05, 3.63) is 23.8 Å². The molecule has 0 aromatic carbocycles. The summed E-state index contributed by atoms with van der Waals surface area (Å²) in [4.78, 5) is 9.20. The number of anilines is 2. The maximum absolute atomic E-state index is 4.62. The molecule has 0 fully saturated rings. The Labute approximate surface area is 125 Å². The fraction of sp³-hybridized carbons (Fsp3) is 0.571. The highest BCUT2D eigenvalue weighted by molar-refractivity contribution is 5.57. The molecule has 2 heterocycles. The second-order valence-electron chi connectivity index (χ2n) is 4.84. The highest BCUT2D eigenvalue weighted by Gasteiger charge is 2.09. The molecule has 0 atom stereocenters. The van der Waals surface area contributed by atoms with Crippen LogP contribution in [0.4, 0.5) is 11.6 Å². The first-order valence-electron chi connectivity index (χ1n) is 7.44. The van der Waals surface area contributed by atoms with Crippen LogP contribution in [0.25, 0.3) is 0 Å². The Hall–Kier alpha value is -2.18. The summed E-state index contributed by atoms with van der Waals surface area (Å²) in [7, 11) is 0. The molecule has 2 aromatic heterocycles. The zero-order valence-corrected chi connectivity index (χ0v) is 12.9. The number of aromatic nitrogens is 5. The van der Waals surface area contributed by atoms with E-state index in [4.69, 9.17) is 0 Å². The summed E-state index contributed by atoms with van der Waals surface area (Å²) < 4.78 is 1.79. The van der Waals surface area contributed by atoms with Crippen LogP contribution in [-0.2, 0) is 13.0 Å². The van der Waals surface area contributed by atoms with Crippen molar-refractivity contribution in [1.82, 2.24) is 25.0 Å². The van der Waals surface area contributed by atoms with Gasteiger partial charge in [0.15, 0.2) is 0 Å². The van der Waals surface area contributed by atoms with E-state index in [9.17, 15) is 0 Å². The Balaban J connectivity index is 2.08. The van der Waals surface area contributed by atoms with Crippen molar-refractivity contribution in [2.75, 3.05) is 23.7 Å². The van der Waals surface area contributed by atoms with Crippen LogP contribution in [0, 0.1) is 6.92 Å². The van der Waals surface area contributed by atoms with Crippen molar-refractivity contribution >= 4 is 11.6 Å². The van der Waals surface area contributed by atoms with E-state index in [0.717, 1.165) is 55.5 Å². The Bertz CT molecular complexity index is 551. The number of hydrogen-bond acceptors (Lipinski definition) is 6. The van der Waals surface area contributed by atoms with Crippen LogP contribution in [-0.4, -0.2) is 38.1 Å². The van der Waals surface area contributed by atoms with Gasteiger partial charge in [0, 0.05) is 31.3 Å². The SMILES string of the molecule is CCCc1nc(NCC)c(C)c(NCCn2ccnn2)n1. The van der Waals surface area contributed by atoms with Crippen LogP contribution in [0.3, 0.4) is 0 Å². The van der Waals surface area contributed by atoms with Crippen molar-refractivity contribution in [3.8, 4) is 0 Å². The zero-order chi connectivity index (χ0) is 15.1. The van der Waals surface area contributed by atoms with Gasteiger partial charge in [0.2, 0.25) is 0 Å². The van der Waals surface area contributed by atoms with E-state index in [1.807, 2.05) is 13.1 Å². The molecule has 0 radical (unpaired) electrons. The molecule has 0 aliphatic carbocycles. The first-order valence-corrected chi connectivity index (χ1v) is 7.44. The van der Waals surface area contributed by atoms with Crippen LogP contribution in [0.15, 0.2) is 12.4 Å². The van der Waals surface area contributed by atoms with Gasteiger partial charge in [0.05, 0.1) is 12.7 Å². The fourth-order valence-corrected chi connectivity index (χ4v) is 2.05. The molecule has 0 aliphatic heterocycles. The number of hydrogen-bond donors (Lipinski definition) is 2. The minimum atomic E-state index is 0.748. The van der Waals surface area contributed by atoms with E-state index in [1.54, 1.807) is 10.9 Å². The minimum Gasteiger partial charge on any atom is -0.370 e. The molecular formula is C14H23N7. The zero-order valence-electron chi connectivity index (χ0n) is 12.9. The molecule has 21 heavy (non-hydrogen) atoms. The third kappa shape index (κ3) is 4.14. The molecule has 0 bridgehead atoms. The summed E-state index contributed by atoms with van der Waals surface area (Å²) >= 11 is 0. The molecule has 0 saturated carbocycles. The molecule has 2 rings (SSSR count). The standard InChI is InChI=1S/C14H23N7/c1-4-6-12-18-13(15-5-2)11(3)14(19-12)16-7-9-21-10-8-17-20-21/h8,10H,4-7,9H2,1-3H3,(H2,15,16,18,19). The summed E-state index contributed by atoms with van der Waals surface area (Å²) in [5, 5.41) is 14.4. The topological polar surface area (TPSA) is 80.5 Å². The third-order valence-electron chi connectivity index (χ3n) is 3.12. The normalized spacial score (nSPS) is 10.6. The molecule has 0 saturated heterocycles. The summed E-state index contributed by atoms with van der Waals surface area (Å²) in [6.07, 6.45) is 5.45. The molecular weight excluding hydrogens is 266 g/mol. The molecule has 0 spiro atoms. The van der Waals surface area contributed by atoms with Gasteiger partial charge in [-0.1, -0.05) is 12.1 Å². The summed E-state index contributed by atoms with van der Waals surface area (Å²) in [5.41, 5.74) is 1.05. The lowest BCUT2D eigenvalue weighted by Gasteiger charge is -2.14. The van der Waals surface area contributed by atoms with Gasteiger partial charge in [-0.2, -0.15) is 0 Å². The number of nitrogens with one attached hydrogen (secondary N) is 2. The fourth-order valence-electron chi connectivity index (χ4n) is 2.05. The van der Waals surface area contributed by atoms with Crippen molar-refractivity contribution < 1.29 is 0 Å². The van der Waals surface area contributed by atoms with E-state index in [-0.39, 0.29) is 0 Å². The van der Waals surface area contributed by atoms with Crippen LogP contribution >= 0.6 is 0 Å². The van der Waals surface area contributed by atoms with Gasteiger partial charge in [-0.15, -0.1) is 5.10 Å². The number of nitrogens with zero attached hydrogens (tertiary/aromatic N) is 5. The van der Waals surface area contributed by atoms with Crippen LogP contribution in [0.5, 0.6) is 0 Å². The van der Waals surface area contributed by atoms with Gasteiger partial charge in [-0.25, -0.2) is 9.97 Å². The highest BCUT2D eigenvalue weighted by Crippen LogP contribution is 2.20. The molecule has 114 valence electrons. The molecule has 7 heteroatoms. The predicted octanol–water partition coefficient (Wildman–Crippen LogP) is 1.87. The van der Waals surface area contributed by atoms with E-state index >= 15 is 0 Å². The first-order chi connectivity index (χ1) is 10.2. The van der Waals surface area contributed by atoms with Gasteiger partial charge < -0.3 is 10.6 Å². The molecule has 2 N–H and O–H groups in total. The first kappa shape index (κ1) is 15.2. The van der Waals surface area contributed by atoms with E-state index in [2.05, 4.69) is 44.8 Å². The molecule has 7 nitrogen and oxygen atoms in total. The van der Waals surface area contributed by atoms with Crippen LogP contribution in [0.1, 0.15) is 31.7 Å². The van der Waals surface area contributed by atoms with Gasteiger partial charge in [0.25, 0.3) is 0 Å². The lowest BCUT2D eigenvalue weighted by molar-refractivity contribution is 0.608. The van der Waals surface area contributed by atoms with Crippen molar-refractivity contribution in [2.24, 2.45) is 0 Å². The highest BCUT2D eigenvalue weighted by atomic mass is 15.4. The Kier molecular flexibility index (Phi) is 5.48. The maximum atomic E-state index is 4.62. The Morgan fingerprint density at radius 3 is 2.52 bits per heavy atom. The minimum absolute atomic E-state index is 0.748. The smallest absolute Gasteiger partial charge is 0.134 e. The third-order valence-corrected chi connectivity index (χ3v) is 3.12. The molecule has 0 unspecified atom stereocenters. The van der Waals surface area contributed by atoms with E-state index in [1.165, 1.54) is 0 Å². The molecule has 2 aromatic rings.